The fourth-order valence-corrected chi connectivity index (χ4v) is 17.1. The number of phenolic OH excluding ortho intramolecular Hbond substituents is 4. The first-order valence-electron chi connectivity index (χ1n) is 27.4. The number of phenols is 4. The van der Waals surface area contributed by atoms with Crippen molar-refractivity contribution in [2.24, 2.45) is 0 Å². The Bertz CT molecular complexity index is 2230. The van der Waals surface area contributed by atoms with Gasteiger partial charge in [0, 0.05) is 0 Å². The van der Waals surface area contributed by atoms with Gasteiger partial charge in [-0.2, -0.15) is 0 Å². The molecule has 0 unspecified atom stereocenters. The molecular formula is C60H88Ge4O12. The maximum atomic E-state index is 12.9. The van der Waals surface area contributed by atoms with Crippen molar-refractivity contribution in [3.63, 3.8) is 0 Å². The van der Waals surface area contributed by atoms with Gasteiger partial charge in [-0.3, -0.25) is 0 Å². The van der Waals surface area contributed by atoms with E-state index in [1.54, 1.807) is 0 Å². The van der Waals surface area contributed by atoms with Crippen LogP contribution in [-0.4, -0.2) is 124 Å². The maximum absolute atomic E-state index is 12.9. The van der Waals surface area contributed by atoms with Gasteiger partial charge in [-0.25, -0.2) is 0 Å². The summed E-state index contributed by atoms with van der Waals surface area (Å²) in [7, 11) is 0. The molecule has 1 aliphatic carbocycles. The van der Waals surface area contributed by atoms with E-state index in [1.807, 2.05) is 48.5 Å². The summed E-state index contributed by atoms with van der Waals surface area (Å²) in [4.78, 5) is 51.4. The van der Waals surface area contributed by atoms with Crippen molar-refractivity contribution >= 4 is 76.9 Å². The van der Waals surface area contributed by atoms with Gasteiger partial charge in [0.25, 0.3) is 0 Å². The van der Waals surface area contributed by atoms with Crippen LogP contribution in [-0.2, 0) is 89.5 Å². The van der Waals surface area contributed by atoms with Crippen LogP contribution in [0.2, 0.25) is 90.1 Å². The SMILES string of the molecule is [CH3][Ge]([CH3])([CH3])[CH2]CC(=O)OCCc1cc2c(O)c(c1)Cc1cc(CCOC(=O)C[CH2][Ge]([CH3])([CH3])[CH3])cc(c1O)Cc1cc(CCOC(=O)C[CH2][Ge]([CH3])([CH3])[CH3])cc(c1O)Cc1cc(CCOC(=O)C[CH2][Ge]([CH3])([CH3])[CH3])cc(c1O)C2. The predicted molar refractivity (Wildman–Crippen MR) is 313 cm³/mol. The van der Waals surface area contributed by atoms with Crippen molar-refractivity contribution in [1.29, 1.82) is 0 Å². The Balaban J connectivity index is 1.62. The van der Waals surface area contributed by atoms with Gasteiger partial charge in [0.2, 0.25) is 0 Å². The molecule has 0 saturated carbocycles. The van der Waals surface area contributed by atoms with E-state index in [1.165, 1.54) is 0 Å². The molecule has 12 nitrogen and oxygen atoms in total. The number of fused-ring (bicyclic) bond motifs is 8. The van der Waals surface area contributed by atoms with Gasteiger partial charge in [-0.15, -0.1) is 0 Å². The number of carbonyl (C=O) groups is 4. The average Bonchev–Trinajstić information content (AvgIpc) is 3.30. The number of esters is 4. The van der Waals surface area contributed by atoms with Crippen LogP contribution in [0, 0.1) is 0 Å². The van der Waals surface area contributed by atoms with Crippen LogP contribution in [0.25, 0.3) is 0 Å². The molecule has 0 radical (unpaired) electrons. The third-order valence-corrected chi connectivity index (χ3v) is 28.5. The minimum atomic E-state index is -1.97. The molecule has 0 atom stereocenters. The molecule has 16 heteroatoms. The van der Waals surface area contributed by atoms with Crippen LogP contribution in [0.3, 0.4) is 0 Å². The third-order valence-electron chi connectivity index (χ3n) is 13.8. The third kappa shape index (κ3) is 21.8. The molecule has 0 aromatic heterocycles. The van der Waals surface area contributed by atoms with Crippen molar-refractivity contribution in [2.75, 3.05) is 26.4 Å². The summed E-state index contributed by atoms with van der Waals surface area (Å²) in [5, 5.41) is 52.6. The molecule has 1 aliphatic rings. The van der Waals surface area contributed by atoms with E-state index in [0.717, 1.165) is 43.3 Å². The number of rotatable bonds is 24. The van der Waals surface area contributed by atoms with E-state index >= 15 is 0 Å². The topological polar surface area (TPSA) is 186 Å². The molecule has 0 spiro atoms. The second kappa shape index (κ2) is 27.8. The van der Waals surface area contributed by atoms with Crippen molar-refractivity contribution in [3.05, 3.63) is 115 Å². The van der Waals surface area contributed by atoms with Crippen LogP contribution in [0.5, 0.6) is 23.0 Å². The zero-order valence-corrected chi connectivity index (χ0v) is 56.2. The molecule has 0 heterocycles. The van der Waals surface area contributed by atoms with E-state index in [4.69, 9.17) is 18.9 Å². The van der Waals surface area contributed by atoms with Gasteiger partial charge in [-0.1, -0.05) is 0 Å². The van der Waals surface area contributed by atoms with Gasteiger partial charge >= 0.3 is 467 Å². The normalized spacial score (nSPS) is 13.0. The first-order chi connectivity index (χ1) is 35.4. The van der Waals surface area contributed by atoms with Gasteiger partial charge in [-0.05, 0) is 0 Å². The second-order valence-corrected chi connectivity index (χ2v) is 73.1. The molecule has 4 aromatic rings. The first kappa shape index (κ1) is 63.0. The molecule has 0 amide bonds. The van der Waals surface area contributed by atoms with E-state index in [0.29, 0.717) is 95.9 Å². The summed E-state index contributed by atoms with van der Waals surface area (Å²) in [6, 6.07) is 14.9. The Labute approximate surface area is 463 Å². The molecule has 0 saturated heterocycles. The van der Waals surface area contributed by atoms with E-state index in [9.17, 15) is 39.6 Å². The summed E-state index contributed by atoms with van der Waals surface area (Å²) in [5.41, 5.74) is 7.29. The van der Waals surface area contributed by atoms with Gasteiger partial charge in [0.1, 0.15) is 0 Å². The second-order valence-electron chi connectivity index (χ2n) is 25.9. The Morgan fingerprint density at radius 1 is 0.329 bits per heavy atom. The van der Waals surface area contributed by atoms with Crippen LogP contribution in [0.15, 0.2) is 48.5 Å². The van der Waals surface area contributed by atoms with E-state index in [-0.39, 0.29) is 99.0 Å². The Hall–Kier alpha value is -3.87. The number of benzene rings is 4. The number of hydrogen-bond donors (Lipinski definition) is 4. The molecule has 5 rings (SSSR count). The van der Waals surface area contributed by atoms with Gasteiger partial charge < -0.3 is 0 Å². The van der Waals surface area contributed by atoms with Crippen molar-refractivity contribution < 1.29 is 58.6 Å². The molecule has 4 N–H and O–H groups in total. The summed E-state index contributed by atoms with van der Waals surface area (Å²) >= 11 is -7.88. The standard InChI is InChI=1S/C60H88Ge4O12/c1-61(2,3)21-13-53(65)73-25-17-41-29-45-37-47-31-42(18-26-74-54(66)14-22-62(4,5)6)33-49(58(47)70)39-51-35-44(20-28-76-56(68)16-24-64(10,11)12)36-52(60(51)72)40-50-34-43(19-27-75-55(67)15-23-63(7,8)9)32-48(59(50)71)38-46(30-41)57(45)69/h29-36,69-72H,13-28,37-40H2,1-12H3. The van der Waals surface area contributed by atoms with Gasteiger partial charge in [0.15, 0.2) is 0 Å². The number of hydrogen-bond acceptors (Lipinski definition) is 12. The molecule has 416 valence electrons. The summed E-state index contributed by atoms with van der Waals surface area (Å²) < 4.78 is 23.0. The van der Waals surface area contributed by atoms with Crippen molar-refractivity contribution in [2.45, 2.75) is 167 Å². The van der Waals surface area contributed by atoms with Crippen LogP contribution >= 0.6 is 0 Å². The Morgan fingerprint density at radius 2 is 0.487 bits per heavy atom. The van der Waals surface area contributed by atoms with E-state index < -0.39 is 53.1 Å². The molecule has 76 heavy (non-hydrogen) atoms. The fraction of sp³-hybridized carbons (Fsp3) is 0.533. The van der Waals surface area contributed by atoms with E-state index in [2.05, 4.69) is 69.1 Å². The summed E-state index contributed by atoms with van der Waals surface area (Å²) in [6.07, 6.45) is 3.32. The van der Waals surface area contributed by atoms with Crippen molar-refractivity contribution in [1.82, 2.24) is 0 Å². The number of ether oxygens (including phenoxy) is 4. The van der Waals surface area contributed by atoms with Gasteiger partial charge in [0.05, 0.1) is 0 Å². The van der Waals surface area contributed by atoms with Crippen LogP contribution < -0.4 is 0 Å². The molecule has 8 bridgehead atoms. The van der Waals surface area contributed by atoms with Crippen LogP contribution in [0.4, 0.5) is 0 Å². The molecule has 0 aliphatic heterocycles. The first-order valence-corrected chi connectivity index (χ1v) is 58.5. The summed E-state index contributed by atoms with van der Waals surface area (Å²) in [5.74, 6) is 26.2. The molecular weight excluding hydrogens is 1200 g/mol. The molecule has 0 fully saturated rings. The summed E-state index contributed by atoms with van der Waals surface area (Å²) in [6.45, 7) is 0.536. The number of carbonyl (C=O) groups excluding carboxylic acids is 4. The monoisotopic (exact) mass is 1300 g/mol. The zero-order valence-electron chi connectivity index (χ0n) is 47.8. The van der Waals surface area contributed by atoms with Crippen molar-refractivity contribution in [3.8, 4) is 23.0 Å². The fourth-order valence-electron chi connectivity index (χ4n) is 9.13. The Kier molecular flexibility index (Phi) is 23.1. The molecule has 4 aromatic carbocycles. The zero-order chi connectivity index (χ0) is 56.2. The van der Waals surface area contributed by atoms with Crippen LogP contribution in [0.1, 0.15) is 92.4 Å². The minimum absolute atomic E-state index is 0.00743. The average molecular weight is 1290 g/mol. The number of aromatic hydroxyl groups is 4. The quantitative estimate of drug-likeness (QED) is 0.0261. The Morgan fingerprint density at radius 3 is 0.632 bits per heavy atom. The predicted octanol–water partition coefficient (Wildman–Crippen LogP) is 12.4.